The number of anilines is 1. The second-order valence-corrected chi connectivity index (χ2v) is 5.86. The molecule has 106 valence electrons. The molecule has 0 saturated carbocycles. The summed E-state index contributed by atoms with van der Waals surface area (Å²) in [7, 11) is 0. The number of carbonyl (C=O) groups excluding carboxylic acids is 1. The number of nitrogens with two attached hydrogens (primary N) is 2. The van der Waals surface area contributed by atoms with Crippen molar-refractivity contribution in [3.63, 3.8) is 0 Å². The number of aromatic nitrogens is 1. The summed E-state index contributed by atoms with van der Waals surface area (Å²) in [5.41, 5.74) is 15.7. The topological polar surface area (TPSA) is 95.1 Å². The van der Waals surface area contributed by atoms with Crippen molar-refractivity contribution >= 4 is 22.7 Å². The molecule has 0 aromatic carbocycles. The average Bonchev–Trinajstić information content (AvgIpc) is 2.93. The summed E-state index contributed by atoms with van der Waals surface area (Å²) in [6.45, 7) is 4.33. The van der Waals surface area contributed by atoms with E-state index in [9.17, 15) is 4.79 Å². The lowest BCUT2D eigenvalue weighted by Gasteiger charge is -2.10. The largest absolute Gasteiger partial charge is 0.430 e. The van der Waals surface area contributed by atoms with Crippen LogP contribution < -0.4 is 11.5 Å². The lowest BCUT2D eigenvalue weighted by molar-refractivity contribution is 0.0977. The Morgan fingerprint density at radius 2 is 2.05 bits per heavy atom. The predicted octanol–water partition coefficient (Wildman–Crippen LogP) is 2.20. The van der Waals surface area contributed by atoms with Crippen LogP contribution in [0.1, 0.15) is 47.6 Å². The van der Waals surface area contributed by atoms with E-state index in [1.165, 1.54) is 11.1 Å². The van der Waals surface area contributed by atoms with Crippen molar-refractivity contribution in [2.75, 3.05) is 5.73 Å². The van der Waals surface area contributed by atoms with E-state index in [4.69, 9.17) is 15.9 Å². The van der Waals surface area contributed by atoms with Crippen molar-refractivity contribution in [3.8, 4) is 0 Å². The molecule has 1 aliphatic rings. The van der Waals surface area contributed by atoms with Crippen LogP contribution in [0.25, 0.3) is 11.1 Å². The minimum Gasteiger partial charge on any atom is -0.430 e. The van der Waals surface area contributed by atoms with Gasteiger partial charge in [-0.15, -0.1) is 0 Å². The molecule has 0 radical (unpaired) electrons. The molecule has 5 nitrogen and oxygen atoms in total. The number of nitrogen functional groups attached to an aromatic ring is 1. The van der Waals surface area contributed by atoms with Gasteiger partial charge in [-0.2, -0.15) is 0 Å². The van der Waals surface area contributed by atoms with Crippen molar-refractivity contribution in [3.05, 3.63) is 22.6 Å². The SMILES string of the molecule is CC(C)Cc1nc2oc(C(N)=O)c(N)c2c2c1CCC2. The summed E-state index contributed by atoms with van der Waals surface area (Å²) in [5.74, 6) is -0.0893. The Morgan fingerprint density at radius 3 is 2.70 bits per heavy atom. The standard InChI is InChI=1S/C15H19N3O2/c1-7(2)6-10-8-4-3-5-9(8)11-12(16)13(14(17)19)20-15(11)18-10/h7H,3-6,16H2,1-2H3,(H2,17,19). The van der Waals surface area contributed by atoms with E-state index in [-0.39, 0.29) is 5.76 Å². The molecular formula is C15H19N3O2. The van der Waals surface area contributed by atoms with Gasteiger partial charge in [-0.25, -0.2) is 4.98 Å². The van der Waals surface area contributed by atoms with Gasteiger partial charge in [0.25, 0.3) is 5.91 Å². The van der Waals surface area contributed by atoms with Crippen molar-refractivity contribution < 1.29 is 9.21 Å². The number of fused-ring (bicyclic) bond motifs is 3. The van der Waals surface area contributed by atoms with Crippen LogP contribution in [-0.2, 0) is 19.3 Å². The summed E-state index contributed by atoms with van der Waals surface area (Å²) < 4.78 is 5.50. The molecule has 5 heteroatoms. The maximum atomic E-state index is 11.4. The molecule has 0 spiro atoms. The van der Waals surface area contributed by atoms with Gasteiger partial charge in [-0.05, 0) is 42.7 Å². The Labute approximate surface area is 117 Å². The number of primary amides is 1. The van der Waals surface area contributed by atoms with Gasteiger partial charge >= 0.3 is 0 Å². The van der Waals surface area contributed by atoms with Gasteiger partial charge in [-0.1, -0.05) is 13.8 Å². The Balaban J connectivity index is 2.28. The smallest absolute Gasteiger partial charge is 0.286 e. The van der Waals surface area contributed by atoms with Gasteiger partial charge in [0.05, 0.1) is 11.1 Å². The lowest BCUT2D eigenvalue weighted by Crippen LogP contribution is -2.11. The fourth-order valence-electron chi connectivity index (χ4n) is 3.07. The number of amides is 1. The fraction of sp³-hybridized carbons (Fsp3) is 0.467. The van der Waals surface area contributed by atoms with Gasteiger partial charge in [0.15, 0.2) is 0 Å². The molecule has 0 aliphatic heterocycles. The van der Waals surface area contributed by atoms with E-state index in [1.807, 2.05) is 0 Å². The van der Waals surface area contributed by atoms with E-state index < -0.39 is 5.91 Å². The highest BCUT2D eigenvalue weighted by Crippen LogP contribution is 2.37. The quantitative estimate of drug-likeness (QED) is 0.896. The molecular weight excluding hydrogens is 254 g/mol. The number of rotatable bonds is 3. The molecule has 0 fully saturated rings. The number of carbonyl (C=O) groups is 1. The first-order chi connectivity index (χ1) is 9.49. The maximum Gasteiger partial charge on any atom is 0.286 e. The number of pyridine rings is 1. The first kappa shape index (κ1) is 13.0. The highest BCUT2D eigenvalue weighted by Gasteiger charge is 2.26. The number of aryl methyl sites for hydroxylation is 1. The van der Waals surface area contributed by atoms with Crippen molar-refractivity contribution in [2.24, 2.45) is 11.7 Å². The van der Waals surface area contributed by atoms with Crippen LogP contribution in [0.3, 0.4) is 0 Å². The van der Waals surface area contributed by atoms with Gasteiger partial charge in [-0.3, -0.25) is 4.79 Å². The summed E-state index contributed by atoms with van der Waals surface area (Å²) >= 11 is 0. The van der Waals surface area contributed by atoms with Crippen LogP contribution in [0.5, 0.6) is 0 Å². The van der Waals surface area contributed by atoms with Crippen LogP contribution in [0.2, 0.25) is 0 Å². The second kappa shape index (κ2) is 4.51. The molecule has 1 amide bonds. The number of nitrogens with zero attached hydrogens (tertiary/aromatic N) is 1. The summed E-state index contributed by atoms with van der Waals surface area (Å²) in [6, 6.07) is 0. The summed E-state index contributed by atoms with van der Waals surface area (Å²) in [5, 5.41) is 0.791. The monoisotopic (exact) mass is 273 g/mol. The van der Waals surface area contributed by atoms with E-state index >= 15 is 0 Å². The third kappa shape index (κ3) is 1.85. The van der Waals surface area contributed by atoms with Crippen molar-refractivity contribution in [1.82, 2.24) is 4.98 Å². The van der Waals surface area contributed by atoms with Gasteiger partial charge < -0.3 is 15.9 Å². The summed E-state index contributed by atoms with van der Waals surface area (Å²) in [4.78, 5) is 16.0. The maximum absolute atomic E-state index is 11.4. The van der Waals surface area contributed by atoms with Gasteiger partial charge in [0, 0.05) is 5.69 Å². The Kier molecular flexibility index (Phi) is 2.92. The van der Waals surface area contributed by atoms with Crippen molar-refractivity contribution in [1.29, 1.82) is 0 Å². The first-order valence-electron chi connectivity index (χ1n) is 7.01. The average molecular weight is 273 g/mol. The normalized spacial score (nSPS) is 14.2. The molecule has 1 aliphatic carbocycles. The van der Waals surface area contributed by atoms with Crippen LogP contribution in [-0.4, -0.2) is 10.9 Å². The van der Waals surface area contributed by atoms with E-state index in [0.717, 1.165) is 36.8 Å². The van der Waals surface area contributed by atoms with E-state index in [0.29, 0.717) is 17.3 Å². The predicted molar refractivity (Wildman–Crippen MR) is 77.5 cm³/mol. The van der Waals surface area contributed by atoms with Gasteiger partial charge in [0.1, 0.15) is 0 Å². The third-order valence-corrected chi connectivity index (χ3v) is 3.86. The zero-order valence-corrected chi connectivity index (χ0v) is 11.8. The minimum absolute atomic E-state index is 0.0308. The molecule has 0 unspecified atom stereocenters. The molecule has 2 heterocycles. The molecule has 4 N–H and O–H groups in total. The molecule has 0 atom stereocenters. The molecule has 2 aromatic rings. The Bertz CT molecular complexity index is 701. The molecule has 2 aromatic heterocycles. The van der Waals surface area contributed by atoms with Gasteiger partial charge in [0.2, 0.25) is 11.5 Å². The van der Waals surface area contributed by atoms with E-state index in [2.05, 4.69) is 18.8 Å². The third-order valence-electron chi connectivity index (χ3n) is 3.86. The first-order valence-corrected chi connectivity index (χ1v) is 7.01. The zero-order chi connectivity index (χ0) is 14.4. The zero-order valence-electron chi connectivity index (χ0n) is 11.8. The number of hydrogen-bond donors (Lipinski definition) is 2. The van der Waals surface area contributed by atoms with Crippen LogP contribution in [0, 0.1) is 5.92 Å². The lowest BCUT2D eigenvalue weighted by atomic mass is 9.99. The number of hydrogen-bond acceptors (Lipinski definition) is 4. The number of furan rings is 1. The van der Waals surface area contributed by atoms with Crippen LogP contribution >= 0.6 is 0 Å². The molecule has 0 saturated heterocycles. The van der Waals surface area contributed by atoms with Crippen molar-refractivity contribution in [2.45, 2.75) is 39.5 Å². The van der Waals surface area contributed by atoms with Crippen LogP contribution in [0.4, 0.5) is 5.69 Å². The molecule has 0 bridgehead atoms. The highest BCUT2D eigenvalue weighted by atomic mass is 16.4. The second-order valence-electron chi connectivity index (χ2n) is 5.86. The molecule has 20 heavy (non-hydrogen) atoms. The Hall–Kier alpha value is -2.04. The molecule has 3 rings (SSSR count). The van der Waals surface area contributed by atoms with Crippen LogP contribution in [0.15, 0.2) is 4.42 Å². The highest BCUT2D eigenvalue weighted by molar-refractivity contribution is 6.05. The fourth-order valence-corrected chi connectivity index (χ4v) is 3.07. The minimum atomic E-state index is -0.641. The summed E-state index contributed by atoms with van der Waals surface area (Å²) in [6.07, 6.45) is 3.99. The Morgan fingerprint density at radius 1 is 1.35 bits per heavy atom. The van der Waals surface area contributed by atoms with E-state index in [1.54, 1.807) is 0 Å².